The van der Waals surface area contributed by atoms with E-state index in [9.17, 15) is 14.7 Å². The highest BCUT2D eigenvalue weighted by Crippen LogP contribution is 2.34. The Hall–Kier alpha value is -1.14. The van der Waals surface area contributed by atoms with Gasteiger partial charge >= 0.3 is 5.97 Å². The van der Waals surface area contributed by atoms with E-state index in [1.807, 2.05) is 0 Å². The van der Waals surface area contributed by atoms with Gasteiger partial charge in [-0.15, -0.1) is 0 Å². The number of aliphatic carboxylic acids is 1. The Morgan fingerprint density at radius 1 is 1.24 bits per heavy atom. The first kappa shape index (κ1) is 12.3. The highest BCUT2D eigenvalue weighted by Gasteiger charge is 2.47. The van der Waals surface area contributed by atoms with E-state index in [2.05, 4.69) is 5.32 Å². The lowest BCUT2D eigenvalue weighted by atomic mass is 9.80. The number of amides is 1. The topological polar surface area (TPSA) is 102 Å². The van der Waals surface area contributed by atoms with Crippen LogP contribution in [0.15, 0.2) is 0 Å². The summed E-state index contributed by atoms with van der Waals surface area (Å²) in [5, 5.41) is 12.0. The van der Waals surface area contributed by atoms with Gasteiger partial charge in [0.15, 0.2) is 0 Å². The van der Waals surface area contributed by atoms with E-state index in [-0.39, 0.29) is 12.5 Å². The summed E-state index contributed by atoms with van der Waals surface area (Å²) in [5.41, 5.74) is 4.11. The molecule has 1 saturated carbocycles. The van der Waals surface area contributed by atoms with Crippen molar-refractivity contribution in [1.29, 1.82) is 0 Å². The molecule has 17 heavy (non-hydrogen) atoms. The summed E-state index contributed by atoms with van der Waals surface area (Å²) in [7, 11) is 0. The molecule has 0 atom stereocenters. The van der Waals surface area contributed by atoms with Gasteiger partial charge in [-0.3, -0.25) is 9.59 Å². The van der Waals surface area contributed by atoms with Crippen molar-refractivity contribution in [1.82, 2.24) is 5.32 Å². The molecule has 0 spiro atoms. The van der Waals surface area contributed by atoms with Crippen LogP contribution in [0.2, 0.25) is 0 Å². The van der Waals surface area contributed by atoms with Crippen molar-refractivity contribution in [3.8, 4) is 0 Å². The maximum Gasteiger partial charge on any atom is 0.311 e. The molecule has 0 aromatic heterocycles. The van der Waals surface area contributed by atoms with Crippen LogP contribution in [0.25, 0.3) is 0 Å². The minimum absolute atomic E-state index is 0.142. The van der Waals surface area contributed by atoms with Crippen molar-refractivity contribution in [2.24, 2.45) is 11.1 Å². The molecular weight excluding hydrogens is 224 g/mol. The average molecular weight is 242 g/mol. The van der Waals surface area contributed by atoms with Gasteiger partial charge in [-0.1, -0.05) is 0 Å². The zero-order valence-corrected chi connectivity index (χ0v) is 9.70. The Balaban J connectivity index is 1.94. The summed E-state index contributed by atoms with van der Waals surface area (Å²) in [5.74, 6) is -1.10. The Morgan fingerprint density at radius 2 is 1.82 bits per heavy atom. The molecule has 96 valence electrons. The summed E-state index contributed by atoms with van der Waals surface area (Å²) in [6.45, 7) is 0.995. The lowest BCUT2D eigenvalue weighted by Crippen LogP contribution is -2.51. The van der Waals surface area contributed by atoms with Crippen LogP contribution >= 0.6 is 0 Å². The number of ether oxygens (including phenoxy) is 1. The lowest BCUT2D eigenvalue weighted by molar-refractivity contribution is -0.154. The highest BCUT2D eigenvalue weighted by atomic mass is 16.5. The number of hydrogen-bond acceptors (Lipinski definition) is 4. The number of nitrogens with one attached hydrogen (secondary N) is 1. The fraction of sp³-hybridized carbons (Fsp3) is 0.818. The van der Waals surface area contributed by atoms with Gasteiger partial charge in [0.05, 0.1) is 11.0 Å². The van der Waals surface area contributed by atoms with E-state index >= 15 is 0 Å². The Morgan fingerprint density at radius 3 is 2.29 bits per heavy atom. The van der Waals surface area contributed by atoms with Crippen LogP contribution in [0.3, 0.4) is 0 Å². The third kappa shape index (κ3) is 2.42. The van der Waals surface area contributed by atoms with E-state index in [1.54, 1.807) is 0 Å². The second-order valence-corrected chi connectivity index (χ2v) is 5.04. The molecule has 0 unspecified atom stereocenters. The molecule has 0 bridgehead atoms. The summed E-state index contributed by atoms with van der Waals surface area (Å²) in [6, 6.07) is 0. The first-order valence-corrected chi connectivity index (χ1v) is 5.87. The number of carboxylic acids is 1. The van der Waals surface area contributed by atoms with Gasteiger partial charge in [-0.25, -0.2) is 0 Å². The molecule has 2 fully saturated rings. The number of hydrogen-bond donors (Lipinski definition) is 3. The second kappa shape index (κ2) is 4.27. The van der Waals surface area contributed by atoms with Crippen molar-refractivity contribution in [2.75, 3.05) is 19.8 Å². The van der Waals surface area contributed by atoms with Crippen LogP contribution in [-0.4, -0.2) is 42.3 Å². The van der Waals surface area contributed by atoms with Gasteiger partial charge in [-0.2, -0.15) is 0 Å². The largest absolute Gasteiger partial charge is 0.481 e. The fourth-order valence-electron chi connectivity index (χ4n) is 2.02. The molecular formula is C11H18N2O4. The van der Waals surface area contributed by atoms with Crippen LogP contribution in [0.5, 0.6) is 0 Å². The third-order valence-corrected chi connectivity index (χ3v) is 3.73. The number of carbonyl (C=O) groups excluding carboxylic acids is 1. The zero-order chi connectivity index (χ0) is 12.5. The summed E-state index contributed by atoms with van der Waals surface area (Å²) in [4.78, 5) is 23.0. The van der Waals surface area contributed by atoms with Gasteiger partial charge in [0.2, 0.25) is 5.91 Å². The normalized spacial score (nSPS) is 25.0. The molecule has 0 aromatic rings. The number of nitrogens with two attached hydrogens (primary N) is 1. The van der Waals surface area contributed by atoms with Crippen LogP contribution in [0, 0.1) is 5.41 Å². The number of carboxylic acid groups (broad SMARTS) is 1. The molecule has 1 amide bonds. The third-order valence-electron chi connectivity index (χ3n) is 3.73. The first-order valence-electron chi connectivity index (χ1n) is 5.87. The lowest BCUT2D eigenvalue weighted by Gasteiger charge is -2.33. The molecule has 0 aromatic carbocycles. The monoisotopic (exact) mass is 242 g/mol. The van der Waals surface area contributed by atoms with Crippen molar-refractivity contribution < 1.29 is 19.4 Å². The van der Waals surface area contributed by atoms with E-state index in [4.69, 9.17) is 10.5 Å². The van der Waals surface area contributed by atoms with E-state index in [0.717, 1.165) is 0 Å². The molecule has 2 rings (SSSR count). The fourth-order valence-corrected chi connectivity index (χ4v) is 2.02. The number of carbonyl (C=O) groups is 2. The molecule has 1 saturated heterocycles. The van der Waals surface area contributed by atoms with Crippen molar-refractivity contribution in [2.45, 2.75) is 31.2 Å². The molecule has 0 radical (unpaired) electrons. The van der Waals surface area contributed by atoms with Crippen molar-refractivity contribution >= 4 is 11.9 Å². The maximum absolute atomic E-state index is 11.7. The Bertz CT molecular complexity index is 332. The van der Waals surface area contributed by atoms with Gasteiger partial charge in [0.25, 0.3) is 0 Å². The molecule has 1 aliphatic heterocycles. The molecule has 6 heteroatoms. The predicted molar refractivity (Wildman–Crippen MR) is 59.3 cm³/mol. The molecule has 2 aliphatic rings. The van der Waals surface area contributed by atoms with Crippen LogP contribution < -0.4 is 11.1 Å². The minimum atomic E-state index is -0.890. The SMILES string of the molecule is NC1(C(=O)NCC2(C(=O)O)CCOCC2)CC1. The predicted octanol–water partition coefficient (Wildman–Crippen LogP) is -0.525. The van der Waals surface area contributed by atoms with Crippen molar-refractivity contribution in [3.63, 3.8) is 0 Å². The first-order chi connectivity index (χ1) is 7.99. The van der Waals surface area contributed by atoms with Gasteiger partial charge in [-0.05, 0) is 25.7 Å². The van der Waals surface area contributed by atoms with Crippen LogP contribution in [-0.2, 0) is 14.3 Å². The molecule has 1 heterocycles. The zero-order valence-electron chi connectivity index (χ0n) is 9.70. The van der Waals surface area contributed by atoms with Gasteiger partial charge in [0.1, 0.15) is 0 Å². The van der Waals surface area contributed by atoms with E-state index in [0.29, 0.717) is 38.9 Å². The number of rotatable bonds is 4. The van der Waals surface area contributed by atoms with E-state index in [1.165, 1.54) is 0 Å². The standard InChI is InChI=1S/C11H18N2O4/c12-11(1-2-11)8(14)13-7-10(9(15)16)3-5-17-6-4-10/h1-7,12H2,(H,13,14)(H,15,16). The molecule has 4 N–H and O–H groups in total. The highest BCUT2D eigenvalue weighted by molar-refractivity contribution is 5.89. The Labute approximate surface area is 99.5 Å². The van der Waals surface area contributed by atoms with Crippen LogP contribution in [0.4, 0.5) is 0 Å². The summed E-state index contributed by atoms with van der Waals surface area (Å²) in [6.07, 6.45) is 2.23. The van der Waals surface area contributed by atoms with Gasteiger partial charge < -0.3 is 20.9 Å². The summed E-state index contributed by atoms with van der Waals surface area (Å²) < 4.78 is 5.16. The molecule has 1 aliphatic carbocycles. The smallest absolute Gasteiger partial charge is 0.311 e. The quantitative estimate of drug-likeness (QED) is 0.615. The van der Waals surface area contributed by atoms with Crippen LogP contribution in [0.1, 0.15) is 25.7 Å². The second-order valence-electron chi connectivity index (χ2n) is 5.04. The minimum Gasteiger partial charge on any atom is -0.481 e. The Kier molecular flexibility index (Phi) is 3.09. The molecule has 6 nitrogen and oxygen atoms in total. The summed E-state index contributed by atoms with van der Waals surface area (Å²) >= 11 is 0. The van der Waals surface area contributed by atoms with E-state index < -0.39 is 16.9 Å². The maximum atomic E-state index is 11.7. The van der Waals surface area contributed by atoms with Gasteiger partial charge in [0, 0.05) is 19.8 Å². The van der Waals surface area contributed by atoms with Crippen molar-refractivity contribution in [3.05, 3.63) is 0 Å². The average Bonchev–Trinajstić information content (AvgIpc) is 3.06.